The molecule has 2 rings (SSSR count). The first-order chi connectivity index (χ1) is 11.0. The Morgan fingerprint density at radius 3 is 3.00 bits per heavy atom. The van der Waals surface area contributed by atoms with Gasteiger partial charge in [0.2, 0.25) is 0 Å². The monoisotopic (exact) mass is 328 g/mol. The van der Waals surface area contributed by atoms with Crippen LogP contribution >= 0.6 is 11.3 Å². The second-order valence-electron chi connectivity index (χ2n) is 4.98. The molecular formula is C17H20N4OS. The molecule has 0 spiro atoms. The fourth-order valence-corrected chi connectivity index (χ4v) is 2.55. The SMILES string of the molecule is C=C(OCC)/C(C)=C\C(=N)c1csc(Nc2cc(C)ccn2)n1. The van der Waals surface area contributed by atoms with Gasteiger partial charge in [0.15, 0.2) is 5.13 Å². The van der Waals surface area contributed by atoms with Crippen molar-refractivity contribution in [3.63, 3.8) is 0 Å². The van der Waals surface area contributed by atoms with Gasteiger partial charge < -0.3 is 10.1 Å². The Kier molecular flexibility index (Phi) is 5.65. The zero-order valence-electron chi connectivity index (χ0n) is 13.5. The van der Waals surface area contributed by atoms with Crippen LogP contribution in [0.5, 0.6) is 0 Å². The van der Waals surface area contributed by atoms with Crippen LogP contribution in [-0.2, 0) is 4.74 Å². The predicted octanol–water partition coefficient (Wildman–Crippen LogP) is 4.45. The number of nitrogens with zero attached hydrogens (tertiary/aromatic N) is 2. The molecule has 120 valence electrons. The molecule has 0 amide bonds. The maximum absolute atomic E-state index is 8.14. The highest BCUT2D eigenvalue weighted by Gasteiger charge is 2.08. The molecule has 23 heavy (non-hydrogen) atoms. The zero-order chi connectivity index (χ0) is 16.8. The van der Waals surface area contributed by atoms with Gasteiger partial charge in [0.1, 0.15) is 17.3 Å². The predicted molar refractivity (Wildman–Crippen MR) is 95.7 cm³/mol. The van der Waals surface area contributed by atoms with Crippen LogP contribution in [0.25, 0.3) is 0 Å². The van der Waals surface area contributed by atoms with Crippen molar-refractivity contribution in [2.75, 3.05) is 11.9 Å². The highest BCUT2D eigenvalue weighted by atomic mass is 32.1. The molecule has 0 unspecified atom stereocenters. The first-order valence-corrected chi connectivity index (χ1v) is 8.12. The smallest absolute Gasteiger partial charge is 0.188 e. The Bertz CT molecular complexity index is 749. The van der Waals surface area contributed by atoms with E-state index in [4.69, 9.17) is 10.1 Å². The highest BCUT2D eigenvalue weighted by molar-refractivity contribution is 7.14. The average Bonchev–Trinajstić information content (AvgIpc) is 2.96. The number of ether oxygens (including phenoxy) is 1. The van der Waals surface area contributed by atoms with Crippen molar-refractivity contribution in [1.29, 1.82) is 5.41 Å². The van der Waals surface area contributed by atoms with Crippen LogP contribution in [0.3, 0.4) is 0 Å². The molecule has 2 aromatic heterocycles. The van der Waals surface area contributed by atoms with E-state index in [1.165, 1.54) is 11.3 Å². The van der Waals surface area contributed by atoms with Gasteiger partial charge in [0.25, 0.3) is 0 Å². The summed E-state index contributed by atoms with van der Waals surface area (Å²) in [6, 6.07) is 3.88. The highest BCUT2D eigenvalue weighted by Crippen LogP contribution is 2.21. The Hall–Kier alpha value is -2.47. The summed E-state index contributed by atoms with van der Waals surface area (Å²) < 4.78 is 5.34. The van der Waals surface area contributed by atoms with Gasteiger partial charge in [-0.1, -0.05) is 6.58 Å². The summed E-state index contributed by atoms with van der Waals surface area (Å²) in [5, 5.41) is 13.8. The number of hydrogen-bond donors (Lipinski definition) is 2. The molecule has 0 atom stereocenters. The van der Waals surface area contributed by atoms with Gasteiger partial charge in [-0.3, -0.25) is 5.41 Å². The van der Waals surface area contributed by atoms with E-state index in [1.54, 1.807) is 12.3 Å². The fourth-order valence-electron chi connectivity index (χ4n) is 1.83. The number of anilines is 2. The second kappa shape index (κ2) is 7.69. The maximum Gasteiger partial charge on any atom is 0.188 e. The molecule has 0 fully saturated rings. The van der Waals surface area contributed by atoms with E-state index in [0.717, 1.165) is 17.0 Å². The van der Waals surface area contributed by atoms with Crippen LogP contribution in [0.1, 0.15) is 25.1 Å². The third-order valence-electron chi connectivity index (χ3n) is 3.05. The van der Waals surface area contributed by atoms with E-state index in [1.807, 2.05) is 38.3 Å². The molecule has 0 aliphatic carbocycles. The fraction of sp³-hybridized carbons (Fsp3) is 0.235. The van der Waals surface area contributed by atoms with Crippen molar-refractivity contribution in [2.45, 2.75) is 20.8 Å². The van der Waals surface area contributed by atoms with Gasteiger partial charge in [-0.05, 0) is 50.1 Å². The molecule has 2 N–H and O–H groups in total. The topological polar surface area (TPSA) is 70.9 Å². The van der Waals surface area contributed by atoms with Gasteiger partial charge in [-0.15, -0.1) is 11.3 Å². The molecule has 0 aromatic carbocycles. The summed E-state index contributed by atoms with van der Waals surface area (Å²) in [4.78, 5) is 8.66. The summed E-state index contributed by atoms with van der Waals surface area (Å²) in [7, 11) is 0. The standard InChI is InChI=1S/C17H20N4OS/c1-5-22-13(4)12(3)9-14(18)15-10-23-17(20-15)21-16-8-11(2)6-7-19-16/h6-10,18H,4-5H2,1-3H3,(H,19,20,21)/b12-9-,18-14?. The Labute approximate surface area is 140 Å². The van der Waals surface area contributed by atoms with E-state index in [2.05, 4.69) is 21.9 Å². The first kappa shape index (κ1) is 16.9. The van der Waals surface area contributed by atoms with Crippen molar-refractivity contribution in [3.8, 4) is 0 Å². The first-order valence-electron chi connectivity index (χ1n) is 7.24. The van der Waals surface area contributed by atoms with Gasteiger partial charge in [0.05, 0.1) is 12.3 Å². The quantitative estimate of drug-likeness (QED) is 0.447. The summed E-state index contributed by atoms with van der Waals surface area (Å²) in [5.74, 6) is 1.32. The lowest BCUT2D eigenvalue weighted by molar-refractivity contribution is 0.239. The van der Waals surface area contributed by atoms with Gasteiger partial charge in [0, 0.05) is 11.6 Å². The lowest BCUT2D eigenvalue weighted by Crippen LogP contribution is -2.00. The molecule has 5 nitrogen and oxygen atoms in total. The normalized spacial score (nSPS) is 11.2. The molecule has 0 aliphatic rings. The largest absolute Gasteiger partial charge is 0.494 e. The molecule has 0 radical (unpaired) electrons. The number of hydrogen-bond acceptors (Lipinski definition) is 6. The molecule has 0 aliphatic heterocycles. The number of aryl methyl sites for hydroxylation is 1. The number of pyridine rings is 1. The van der Waals surface area contributed by atoms with Gasteiger partial charge >= 0.3 is 0 Å². The summed E-state index contributed by atoms with van der Waals surface area (Å²) in [6.07, 6.45) is 3.46. The third kappa shape index (κ3) is 4.75. The van der Waals surface area contributed by atoms with Crippen LogP contribution in [0.15, 0.2) is 47.7 Å². The molecule has 0 bridgehead atoms. The van der Waals surface area contributed by atoms with Crippen molar-refractivity contribution >= 4 is 28.0 Å². The van der Waals surface area contributed by atoms with E-state index in [0.29, 0.717) is 28.9 Å². The molecule has 2 aromatic rings. The molecule has 2 heterocycles. The number of nitrogens with one attached hydrogen (secondary N) is 2. The van der Waals surface area contributed by atoms with Crippen LogP contribution < -0.4 is 5.32 Å². The minimum Gasteiger partial charge on any atom is -0.494 e. The number of aromatic nitrogens is 2. The number of allylic oxidation sites excluding steroid dienone is 2. The number of rotatable bonds is 7. The maximum atomic E-state index is 8.14. The lowest BCUT2D eigenvalue weighted by atomic mass is 10.2. The van der Waals surface area contributed by atoms with E-state index in [-0.39, 0.29) is 0 Å². The molecule has 0 saturated heterocycles. The van der Waals surface area contributed by atoms with E-state index in [9.17, 15) is 0 Å². The lowest BCUT2D eigenvalue weighted by Gasteiger charge is -2.06. The second-order valence-corrected chi connectivity index (χ2v) is 5.84. The van der Waals surface area contributed by atoms with E-state index < -0.39 is 0 Å². The van der Waals surface area contributed by atoms with Crippen molar-refractivity contribution in [3.05, 3.63) is 59.0 Å². The third-order valence-corrected chi connectivity index (χ3v) is 3.81. The molecule has 0 saturated carbocycles. The van der Waals surface area contributed by atoms with Gasteiger partial charge in [-0.25, -0.2) is 9.97 Å². The van der Waals surface area contributed by atoms with Gasteiger partial charge in [-0.2, -0.15) is 0 Å². The summed E-state index contributed by atoms with van der Waals surface area (Å²) >= 11 is 1.44. The average molecular weight is 328 g/mol. The summed E-state index contributed by atoms with van der Waals surface area (Å²) in [5.41, 5.74) is 2.87. The van der Waals surface area contributed by atoms with Crippen LogP contribution in [0.2, 0.25) is 0 Å². The minimum absolute atomic E-state index is 0.324. The number of thiazole rings is 1. The van der Waals surface area contributed by atoms with Crippen LogP contribution in [-0.4, -0.2) is 22.3 Å². The summed E-state index contributed by atoms with van der Waals surface area (Å²) in [6.45, 7) is 10.2. The minimum atomic E-state index is 0.324. The molecule has 6 heteroatoms. The molecular weight excluding hydrogens is 308 g/mol. The van der Waals surface area contributed by atoms with Crippen molar-refractivity contribution < 1.29 is 4.74 Å². The Morgan fingerprint density at radius 1 is 1.52 bits per heavy atom. The van der Waals surface area contributed by atoms with Crippen LogP contribution in [0.4, 0.5) is 10.9 Å². The van der Waals surface area contributed by atoms with Crippen molar-refractivity contribution in [1.82, 2.24) is 9.97 Å². The Balaban J connectivity index is 2.08. The van der Waals surface area contributed by atoms with Crippen molar-refractivity contribution in [2.24, 2.45) is 0 Å². The van der Waals surface area contributed by atoms with E-state index >= 15 is 0 Å². The van der Waals surface area contributed by atoms with Crippen LogP contribution in [0, 0.1) is 12.3 Å². The zero-order valence-corrected chi connectivity index (χ0v) is 14.3. The Morgan fingerprint density at radius 2 is 2.30 bits per heavy atom.